The molecule has 7 nitrogen and oxygen atoms in total. The van der Waals surface area contributed by atoms with Gasteiger partial charge in [0.1, 0.15) is 5.82 Å². The van der Waals surface area contributed by atoms with E-state index in [9.17, 15) is 27.8 Å². The third kappa shape index (κ3) is 4.06. The second-order valence-corrected chi connectivity index (χ2v) is 5.93. The molecule has 0 amide bonds. The summed E-state index contributed by atoms with van der Waals surface area (Å²) < 4.78 is 57.7. The Morgan fingerprint density at radius 1 is 1.25 bits per heavy atom. The standard InChI is InChI=1S/C17H16F4N4O3/c1-28-16(27)10-4-5-22-7-12(10)23-15-11-6-9(18)2-3-13(11)25(24-15)8-14(26)17(19,20)21/h2-7,14,16,26-27H,8H2,1H3,(H,23,24). The number of hydrogen-bond donors (Lipinski definition) is 3. The van der Waals surface area contributed by atoms with E-state index in [2.05, 4.69) is 15.4 Å². The van der Waals surface area contributed by atoms with Crippen LogP contribution in [0.15, 0.2) is 36.7 Å². The van der Waals surface area contributed by atoms with Gasteiger partial charge in [-0.15, -0.1) is 0 Å². The minimum absolute atomic E-state index is 0.0291. The van der Waals surface area contributed by atoms with Crippen LogP contribution in [0.2, 0.25) is 0 Å². The number of benzene rings is 1. The first-order chi connectivity index (χ1) is 13.2. The predicted molar refractivity (Wildman–Crippen MR) is 91.2 cm³/mol. The molecule has 0 radical (unpaired) electrons. The van der Waals surface area contributed by atoms with Gasteiger partial charge in [0.05, 0.1) is 23.9 Å². The Morgan fingerprint density at radius 2 is 2.00 bits per heavy atom. The van der Waals surface area contributed by atoms with E-state index in [1.54, 1.807) is 0 Å². The summed E-state index contributed by atoms with van der Waals surface area (Å²) in [5.41, 5.74) is 0.751. The van der Waals surface area contributed by atoms with Crippen molar-refractivity contribution in [3.05, 3.63) is 48.0 Å². The number of nitrogens with zero attached hydrogens (tertiary/aromatic N) is 3. The van der Waals surface area contributed by atoms with Crippen molar-refractivity contribution in [3.8, 4) is 0 Å². The van der Waals surface area contributed by atoms with Crippen LogP contribution < -0.4 is 5.32 Å². The topological polar surface area (TPSA) is 92.4 Å². The lowest BCUT2D eigenvalue weighted by Crippen LogP contribution is -2.33. The number of alkyl halides is 3. The van der Waals surface area contributed by atoms with Gasteiger partial charge in [0.15, 0.2) is 18.2 Å². The van der Waals surface area contributed by atoms with Gasteiger partial charge in [-0.3, -0.25) is 9.67 Å². The van der Waals surface area contributed by atoms with E-state index in [0.717, 1.165) is 16.8 Å². The minimum Gasteiger partial charge on any atom is -0.382 e. The molecule has 0 bridgehead atoms. The third-order valence-electron chi connectivity index (χ3n) is 4.03. The molecule has 3 aromatic rings. The first kappa shape index (κ1) is 20.0. The zero-order valence-corrected chi connectivity index (χ0v) is 14.5. The summed E-state index contributed by atoms with van der Waals surface area (Å²) in [4.78, 5) is 3.92. The van der Waals surface area contributed by atoms with Crippen molar-refractivity contribution in [2.24, 2.45) is 0 Å². The molecule has 28 heavy (non-hydrogen) atoms. The van der Waals surface area contributed by atoms with E-state index in [1.807, 2.05) is 0 Å². The molecule has 150 valence electrons. The van der Waals surface area contributed by atoms with Crippen molar-refractivity contribution in [1.29, 1.82) is 0 Å². The van der Waals surface area contributed by atoms with Crippen LogP contribution in [0.25, 0.3) is 10.9 Å². The van der Waals surface area contributed by atoms with E-state index in [1.165, 1.54) is 31.6 Å². The molecule has 1 aromatic carbocycles. The van der Waals surface area contributed by atoms with Gasteiger partial charge in [-0.1, -0.05) is 0 Å². The number of ether oxygens (including phenoxy) is 1. The number of pyridine rings is 1. The monoisotopic (exact) mass is 400 g/mol. The van der Waals surface area contributed by atoms with Crippen LogP contribution in [0.5, 0.6) is 0 Å². The Morgan fingerprint density at radius 3 is 2.68 bits per heavy atom. The number of fused-ring (bicyclic) bond motifs is 1. The highest BCUT2D eigenvalue weighted by Gasteiger charge is 2.39. The van der Waals surface area contributed by atoms with Crippen molar-refractivity contribution in [3.63, 3.8) is 0 Å². The quantitative estimate of drug-likeness (QED) is 0.435. The normalized spacial score (nSPS) is 14.2. The number of methoxy groups -OCH3 is 1. The second kappa shape index (κ2) is 7.70. The maximum atomic E-state index is 13.7. The van der Waals surface area contributed by atoms with Crippen LogP contribution in [-0.4, -0.2) is 44.4 Å². The summed E-state index contributed by atoms with van der Waals surface area (Å²) in [6.45, 7) is -0.867. The number of rotatable bonds is 6. The van der Waals surface area contributed by atoms with Gasteiger partial charge in [0.25, 0.3) is 0 Å². The van der Waals surface area contributed by atoms with E-state index < -0.39 is 30.9 Å². The van der Waals surface area contributed by atoms with Crippen LogP contribution >= 0.6 is 0 Å². The van der Waals surface area contributed by atoms with Crippen LogP contribution in [0.1, 0.15) is 11.9 Å². The average molecular weight is 400 g/mol. The fourth-order valence-electron chi connectivity index (χ4n) is 2.63. The Kier molecular flexibility index (Phi) is 5.49. The van der Waals surface area contributed by atoms with Gasteiger partial charge in [-0.05, 0) is 24.3 Å². The minimum atomic E-state index is -4.83. The molecule has 11 heteroatoms. The molecule has 2 atom stereocenters. The van der Waals surface area contributed by atoms with Gasteiger partial charge in [-0.2, -0.15) is 18.3 Å². The molecule has 0 fully saturated rings. The largest absolute Gasteiger partial charge is 0.416 e. The molecule has 0 aliphatic carbocycles. The molecule has 2 heterocycles. The highest BCUT2D eigenvalue weighted by atomic mass is 19.4. The maximum absolute atomic E-state index is 13.7. The molecule has 2 unspecified atom stereocenters. The highest BCUT2D eigenvalue weighted by molar-refractivity contribution is 5.92. The van der Waals surface area contributed by atoms with Crippen LogP contribution in [0, 0.1) is 5.82 Å². The number of aliphatic hydroxyl groups excluding tert-OH is 2. The highest BCUT2D eigenvalue weighted by Crippen LogP contribution is 2.31. The van der Waals surface area contributed by atoms with E-state index in [4.69, 9.17) is 4.74 Å². The summed E-state index contributed by atoms with van der Waals surface area (Å²) in [7, 11) is 1.28. The van der Waals surface area contributed by atoms with Crippen LogP contribution in [0.4, 0.5) is 29.1 Å². The van der Waals surface area contributed by atoms with Gasteiger partial charge in [0.2, 0.25) is 0 Å². The lowest BCUT2D eigenvalue weighted by atomic mass is 10.2. The Labute approximate surface area is 156 Å². The zero-order chi connectivity index (χ0) is 20.5. The third-order valence-corrected chi connectivity index (χ3v) is 4.03. The first-order valence-corrected chi connectivity index (χ1v) is 8.03. The van der Waals surface area contributed by atoms with Gasteiger partial charge in [0, 0.05) is 24.3 Å². The summed E-state index contributed by atoms with van der Waals surface area (Å²) in [6, 6.07) is 4.92. The van der Waals surface area contributed by atoms with Crippen molar-refractivity contribution in [2.45, 2.75) is 25.1 Å². The number of hydrogen-bond acceptors (Lipinski definition) is 6. The predicted octanol–water partition coefficient (Wildman–Crippen LogP) is 2.87. The summed E-state index contributed by atoms with van der Waals surface area (Å²) in [5, 5.41) is 26.3. The Balaban J connectivity index is 2.04. The first-order valence-electron chi connectivity index (χ1n) is 8.03. The van der Waals surface area contributed by atoms with Crippen LogP contribution in [-0.2, 0) is 11.3 Å². The maximum Gasteiger partial charge on any atom is 0.416 e. The molecule has 0 saturated heterocycles. The molecule has 2 aromatic heterocycles. The van der Waals surface area contributed by atoms with E-state index in [0.29, 0.717) is 5.56 Å². The number of nitrogens with one attached hydrogen (secondary N) is 1. The fraction of sp³-hybridized carbons (Fsp3) is 0.294. The lowest BCUT2D eigenvalue weighted by molar-refractivity contribution is -0.207. The smallest absolute Gasteiger partial charge is 0.382 e. The number of aromatic nitrogens is 3. The van der Waals surface area contributed by atoms with E-state index in [-0.39, 0.29) is 22.4 Å². The van der Waals surface area contributed by atoms with Gasteiger partial charge >= 0.3 is 6.18 Å². The van der Waals surface area contributed by atoms with E-state index >= 15 is 0 Å². The van der Waals surface area contributed by atoms with Gasteiger partial charge in [-0.25, -0.2) is 4.39 Å². The molecule has 0 spiro atoms. The SMILES string of the molecule is COC(O)c1ccncc1Nc1nn(CC(O)C(F)(F)F)c2ccc(F)cc12. The summed E-state index contributed by atoms with van der Waals surface area (Å²) >= 11 is 0. The number of halogens is 4. The molecule has 0 aliphatic rings. The van der Waals surface area contributed by atoms with Crippen molar-refractivity contribution in [1.82, 2.24) is 14.8 Å². The molecular formula is C17H16F4N4O3. The average Bonchev–Trinajstić information content (AvgIpc) is 2.97. The molecule has 3 rings (SSSR count). The number of anilines is 2. The Hall–Kier alpha value is -2.76. The second-order valence-electron chi connectivity index (χ2n) is 5.93. The molecule has 3 N–H and O–H groups in total. The zero-order valence-electron chi connectivity index (χ0n) is 14.5. The molecule has 0 aliphatic heterocycles. The van der Waals surface area contributed by atoms with Crippen molar-refractivity contribution < 1.29 is 32.5 Å². The summed E-state index contributed by atoms with van der Waals surface area (Å²) in [6.07, 6.45) is -5.99. The van der Waals surface area contributed by atoms with Crippen LogP contribution in [0.3, 0.4) is 0 Å². The Bertz CT molecular complexity index is 977. The molecular weight excluding hydrogens is 384 g/mol. The fourth-order valence-corrected chi connectivity index (χ4v) is 2.63. The number of aliphatic hydroxyl groups is 2. The molecule has 0 saturated carbocycles. The van der Waals surface area contributed by atoms with Crippen molar-refractivity contribution >= 4 is 22.4 Å². The summed E-state index contributed by atoms with van der Waals surface area (Å²) in [5.74, 6) is -0.587. The van der Waals surface area contributed by atoms with Gasteiger partial charge < -0.3 is 20.3 Å². The lowest BCUT2D eigenvalue weighted by Gasteiger charge is -2.15. The van der Waals surface area contributed by atoms with Crippen molar-refractivity contribution in [2.75, 3.05) is 12.4 Å².